The Morgan fingerprint density at radius 3 is 2.60 bits per heavy atom. The number of nitrogens with two attached hydrogens (primary N) is 1. The van der Waals surface area contributed by atoms with Crippen LogP contribution in [0.3, 0.4) is 0 Å². The number of anilines is 1. The van der Waals surface area contributed by atoms with Crippen molar-refractivity contribution in [3.63, 3.8) is 0 Å². The topological polar surface area (TPSA) is 43.1 Å². The second-order valence-electron chi connectivity index (χ2n) is 3.69. The van der Waals surface area contributed by atoms with E-state index in [1.54, 1.807) is 0 Å². The van der Waals surface area contributed by atoms with Gasteiger partial charge in [-0.15, -0.1) is 6.42 Å². The van der Waals surface area contributed by atoms with Gasteiger partial charge in [0, 0.05) is 12.1 Å². The van der Waals surface area contributed by atoms with Gasteiger partial charge in [-0.3, -0.25) is 4.79 Å². The number of nitrogen functional groups attached to an aromatic ring is 1. The molecule has 0 amide bonds. The van der Waals surface area contributed by atoms with Crippen molar-refractivity contribution in [1.29, 1.82) is 0 Å². The van der Waals surface area contributed by atoms with Crippen LogP contribution in [0.15, 0.2) is 24.3 Å². The minimum atomic E-state index is 0.113. The average Bonchev–Trinajstić information content (AvgIpc) is 2.18. The normalized spacial score (nSPS) is 11.7. The van der Waals surface area contributed by atoms with Crippen LogP contribution in [0.4, 0.5) is 5.69 Å². The fourth-order valence-electron chi connectivity index (χ4n) is 1.47. The van der Waals surface area contributed by atoms with E-state index in [2.05, 4.69) is 5.92 Å². The molecule has 78 valence electrons. The molecule has 0 aliphatic rings. The lowest BCUT2D eigenvalue weighted by Gasteiger charge is -2.10. The molecule has 0 spiro atoms. The zero-order chi connectivity index (χ0) is 11.3. The highest BCUT2D eigenvalue weighted by Crippen LogP contribution is 2.20. The molecule has 1 aromatic carbocycles. The fraction of sp³-hybridized carbons (Fsp3) is 0.308. The maximum atomic E-state index is 11.3. The minimum absolute atomic E-state index is 0.113. The lowest BCUT2D eigenvalue weighted by Crippen LogP contribution is -2.03. The summed E-state index contributed by atoms with van der Waals surface area (Å²) in [5.41, 5.74) is 7.44. The summed E-state index contributed by atoms with van der Waals surface area (Å²) in [6.07, 6.45) is 5.79. The van der Waals surface area contributed by atoms with Gasteiger partial charge in [0.1, 0.15) is 5.78 Å². The first-order chi connectivity index (χ1) is 7.13. The minimum Gasteiger partial charge on any atom is -0.399 e. The Labute approximate surface area is 90.5 Å². The monoisotopic (exact) mass is 201 g/mol. The van der Waals surface area contributed by atoms with Gasteiger partial charge >= 0.3 is 0 Å². The van der Waals surface area contributed by atoms with Crippen molar-refractivity contribution in [2.24, 2.45) is 0 Å². The summed E-state index contributed by atoms with van der Waals surface area (Å²) < 4.78 is 0. The number of carbonyl (C=O) groups excluding carboxylic acids is 1. The second kappa shape index (κ2) is 5.21. The third kappa shape index (κ3) is 3.47. The highest BCUT2D eigenvalue weighted by Gasteiger charge is 2.09. The van der Waals surface area contributed by atoms with Crippen molar-refractivity contribution in [2.75, 3.05) is 5.73 Å². The molecule has 0 aliphatic heterocycles. The summed E-state index contributed by atoms with van der Waals surface area (Å²) in [4.78, 5) is 11.3. The van der Waals surface area contributed by atoms with E-state index >= 15 is 0 Å². The number of terminal acetylenes is 1. The number of hydrogen-bond donors (Lipinski definition) is 1. The van der Waals surface area contributed by atoms with Gasteiger partial charge in [0.05, 0.1) is 6.42 Å². The molecule has 2 heteroatoms. The molecule has 2 N–H and O–H groups in total. The Bertz CT molecular complexity index is 373. The van der Waals surface area contributed by atoms with Crippen molar-refractivity contribution >= 4 is 11.5 Å². The molecular formula is C13H15NO. The molecule has 0 saturated heterocycles. The van der Waals surface area contributed by atoms with E-state index < -0.39 is 0 Å². The number of ketones is 1. The Kier molecular flexibility index (Phi) is 3.93. The van der Waals surface area contributed by atoms with E-state index in [0.717, 1.165) is 11.3 Å². The first-order valence-corrected chi connectivity index (χ1v) is 4.94. The summed E-state index contributed by atoms with van der Waals surface area (Å²) in [6, 6.07) is 7.58. The van der Waals surface area contributed by atoms with E-state index in [4.69, 9.17) is 12.2 Å². The molecular weight excluding hydrogens is 186 g/mol. The molecule has 1 atom stereocenters. The molecule has 0 radical (unpaired) electrons. The summed E-state index contributed by atoms with van der Waals surface area (Å²) in [5, 5.41) is 0. The summed E-state index contributed by atoms with van der Waals surface area (Å²) >= 11 is 0. The molecule has 2 nitrogen and oxygen atoms in total. The van der Waals surface area contributed by atoms with Crippen LogP contribution in [0.1, 0.15) is 31.2 Å². The van der Waals surface area contributed by atoms with Crippen molar-refractivity contribution in [1.82, 2.24) is 0 Å². The van der Waals surface area contributed by atoms with Crippen molar-refractivity contribution in [3.05, 3.63) is 29.8 Å². The molecule has 15 heavy (non-hydrogen) atoms. The molecule has 0 aromatic heterocycles. The second-order valence-corrected chi connectivity index (χ2v) is 3.69. The van der Waals surface area contributed by atoms with Crippen molar-refractivity contribution < 1.29 is 4.79 Å². The van der Waals surface area contributed by atoms with E-state index in [1.165, 1.54) is 0 Å². The van der Waals surface area contributed by atoms with Gasteiger partial charge in [-0.25, -0.2) is 0 Å². The standard InChI is InChI=1S/C13H15NO/c1-3-4-13(15)9-10(2)11-5-7-12(14)8-6-11/h1,5-8,10H,4,9,14H2,2H3. The number of Topliss-reactive ketones (excluding diaryl/α,β-unsaturated/α-hetero) is 1. The number of rotatable bonds is 4. The van der Waals surface area contributed by atoms with Gasteiger partial charge in [0.15, 0.2) is 0 Å². The van der Waals surface area contributed by atoms with E-state index in [-0.39, 0.29) is 18.1 Å². The van der Waals surface area contributed by atoms with Crippen LogP contribution in [0.2, 0.25) is 0 Å². The average molecular weight is 201 g/mol. The summed E-state index contributed by atoms with van der Waals surface area (Å²) in [5.74, 6) is 2.68. The third-order valence-electron chi connectivity index (χ3n) is 2.34. The fourth-order valence-corrected chi connectivity index (χ4v) is 1.47. The van der Waals surface area contributed by atoms with Gasteiger partial charge in [-0.05, 0) is 23.6 Å². The zero-order valence-electron chi connectivity index (χ0n) is 8.86. The maximum Gasteiger partial charge on any atom is 0.145 e. The van der Waals surface area contributed by atoms with Gasteiger partial charge in [-0.1, -0.05) is 25.0 Å². The Balaban J connectivity index is 2.61. The van der Waals surface area contributed by atoms with Crippen LogP contribution in [-0.4, -0.2) is 5.78 Å². The first-order valence-electron chi connectivity index (χ1n) is 4.94. The van der Waals surface area contributed by atoms with Crippen LogP contribution in [-0.2, 0) is 4.79 Å². The largest absolute Gasteiger partial charge is 0.399 e. The van der Waals surface area contributed by atoms with Gasteiger partial charge in [0.2, 0.25) is 0 Å². The predicted octanol–water partition coefficient (Wildman–Crippen LogP) is 2.35. The van der Waals surface area contributed by atoms with Crippen LogP contribution in [0.25, 0.3) is 0 Å². The Morgan fingerprint density at radius 2 is 2.07 bits per heavy atom. The smallest absolute Gasteiger partial charge is 0.145 e. The summed E-state index contributed by atoms with van der Waals surface area (Å²) in [6.45, 7) is 2.01. The Hall–Kier alpha value is -1.75. The lowest BCUT2D eigenvalue weighted by molar-refractivity contribution is -0.118. The van der Waals surface area contributed by atoms with Crippen molar-refractivity contribution in [2.45, 2.75) is 25.7 Å². The molecule has 1 unspecified atom stereocenters. The molecule has 0 bridgehead atoms. The highest BCUT2D eigenvalue weighted by atomic mass is 16.1. The lowest BCUT2D eigenvalue weighted by atomic mass is 9.95. The molecule has 0 fully saturated rings. The zero-order valence-corrected chi connectivity index (χ0v) is 8.86. The van der Waals surface area contributed by atoms with Crippen molar-refractivity contribution in [3.8, 4) is 12.3 Å². The van der Waals surface area contributed by atoms with Crippen LogP contribution < -0.4 is 5.73 Å². The first kappa shape index (κ1) is 11.3. The predicted molar refractivity (Wildman–Crippen MR) is 62.3 cm³/mol. The van der Waals surface area contributed by atoms with E-state index in [0.29, 0.717) is 6.42 Å². The van der Waals surface area contributed by atoms with E-state index in [9.17, 15) is 4.79 Å². The number of carbonyl (C=O) groups is 1. The summed E-state index contributed by atoms with van der Waals surface area (Å²) in [7, 11) is 0. The van der Waals surface area contributed by atoms with Gasteiger partial charge < -0.3 is 5.73 Å². The van der Waals surface area contributed by atoms with Crippen LogP contribution >= 0.6 is 0 Å². The van der Waals surface area contributed by atoms with Crippen LogP contribution in [0.5, 0.6) is 0 Å². The molecule has 0 saturated carbocycles. The number of benzene rings is 1. The maximum absolute atomic E-state index is 11.3. The third-order valence-corrected chi connectivity index (χ3v) is 2.34. The molecule has 0 aliphatic carbocycles. The van der Waals surface area contributed by atoms with E-state index in [1.807, 2.05) is 31.2 Å². The molecule has 0 heterocycles. The SMILES string of the molecule is C#CCC(=O)CC(C)c1ccc(N)cc1. The number of hydrogen-bond acceptors (Lipinski definition) is 2. The van der Waals surface area contributed by atoms with Crippen LogP contribution in [0, 0.1) is 12.3 Å². The van der Waals surface area contributed by atoms with Gasteiger partial charge in [-0.2, -0.15) is 0 Å². The Morgan fingerprint density at radius 1 is 1.47 bits per heavy atom. The molecule has 1 aromatic rings. The molecule has 1 rings (SSSR count). The highest BCUT2D eigenvalue weighted by molar-refractivity contribution is 5.81. The van der Waals surface area contributed by atoms with Gasteiger partial charge in [0.25, 0.3) is 0 Å². The quantitative estimate of drug-likeness (QED) is 0.600.